The van der Waals surface area contributed by atoms with Gasteiger partial charge in [-0.1, -0.05) is 48.5 Å². The third kappa shape index (κ3) is 4.79. The maximum Gasteiger partial charge on any atom is 0.276 e. The van der Waals surface area contributed by atoms with Gasteiger partial charge in [-0.05, 0) is 17.7 Å². The van der Waals surface area contributed by atoms with E-state index in [0.717, 1.165) is 48.0 Å². The molecule has 0 saturated carbocycles. The fourth-order valence-electron chi connectivity index (χ4n) is 4.11. The van der Waals surface area contributed by atoms with E-state index in [1.807, 2.05) is 42.6 Å². The third-order valence-corrected chi connectivity index (χ3v) is 7.76. The zero-order valence-electron chi connectivity index (χ0n) is 18.8. The van der Waals surface area contributed by atoms with E-state index in [1.165, 1.54) is 21.8 Å². The molecule has 35 heavy (non-hydrogen) atoms. The summed E-state index contributed by atoms with van der Waals surface area (Å²) in [6, 6.07) is 20.4. The second kappa shape index (κ2) is 9.53. The number of hydrogen-bond donors (Lipinski definition) is 1. The first kappa shape index (κ1) is 21.8. The maximum absolute atomic E-state index is 12.9. The summed E-state index contributed by atoms with van der Waals surface area (Å²) in [4.78, 5) is 25.7. The van der Waals surface area contributed by atoms with E-state index in [-0.39, 0.29) is 5.91 Å². The number of nitrogens with zero attached hydrogens (tertiary/aromatic N) is 5. The zero-order valence-corrected chi connectivity index (χ0v) is 20.4. The van der Waals surface area contributed by atoms with Gasteiger partial charge < -0.3 is 0 Å². The summed E-state index contributed by atoms with van der Waals surface area (Å²) in [5, 5.41) is 10.5. The molecule has 2 aromatic carbocycles. The Hall–Kier alpha value is -3.66. The highest BCUT2D eigenvalue weighted by Crippen LogP contribution is 2.30. The van der Waals surface area contributed by atoms with Gasteiger partial charge in [-0.2, -0.15) is 5.10 Å². The van der Waals surface area contributed by atoms with Crippen LogP contribution in [0.3, 0.4) is 0 Å². The van der Waals surface area contributed by atoms with Crippen molar-refractivity contribution >= 4 is 33.7 Å². The third-order valence-electron chi connectivity index (χ3n) is 5.87. The van der Waals surface area contributed by atoms with Gasteiger partial charge in [0.2, 0.25) is 0 Å². The number of carbonyl (C=O) groups is 1. The number of benzene rings is 2. The van der Waals surface area contributed by atoms with Crippen molar-refractivity contribution in [3.05, 3.63) is 100 Å². The molecule has 3 aromatic heterocycles. The monoisotopic (exact) mass is 498 g/mol. The number of thiazole rings is 2. The lowest BCUT2D eigenvalue weighted by atomic mass is 10.1. The number of aromatic nitrogens is 4. The topological polar surface area (TPSA) is 75.9 Å². The molecule has 7 nitrogen and oxygen atoms in total. The lowest BCUT2D eigenvalue weighted by Crippen LogP contribution is -2.29. The largest absolute Gasteiger partial charge is 0.296 e. The molecule has 0 atom stereocenters. The second-order valence-corrected chi connectivity index (χ2v) is 10.3. The van der Waals surface area contributed by atoms with E-state index in [0.29, 0.717) is 10.8 Å². The molecule has 5 aromatic rings. The van der Waals surface area contributed by atoms with Gasteiger partial charge in [0.05, 0.1) is 17.6 Å². The molecule has 9 heteroatoms. The molecular weight excluding hydrogens is 476 g/mol. The average Bonchev–Trinajstić information content (AvgIpc) is 3.64. The Kier molecular flexibility index (Phi) is 5.95. The highest BCUT2D eigenvalue weighted by molar-refractivity contribution is 7.16. The minimum atomic E-state index is -0.241. The van der Waals surface area contributed by atoms with Gasteiger partial charge in [-0.15, -0.1) is 22.7 Å². The van der Waals surface area contributed by atoms with Crippen LogP contribution in [-0.2, 0) is 19.5 Å². The SMILES string of the molecule is O=C(Nc1nc2c(s1)CN(Cc1ccccc1)CC2)c1csc(-c2cnn(-c3ccccc3)c2)n1. The van der Waals surface area contributed by atoms with E-state index in [1.54, 1.807) is 27.6 Å². The van der Waals surface area contributed by atoms with Crippen LogP contribution in [0.5, 0.6) is 0 Å². The van der Waals surface area contributed by atoms with Crippen LogP contribution < -0.4 is 5.32 Å². The molecule has 0 spiro atoms. The van der Waals surface area contributed by atoms with Gasteiger partial charge in [0.1, 0.15) is 10.7 Å². The van der Waals surface area contributed by atoms with Crippen molar-refractivity contribution in [3.63, 3.8) is 0 Å². The van der Waals surface area contributed by atoms with Crippen molar-refractivity contribution in [2.24, 2.45) is 0 Å². The predicted molar refractivity (Wildman–Crippen MR) is 139 cm³/mol. The first-order valence-corrected chi connectivity index (χ1v) is 13.0. The van der Waals surface area contributed by atoms with Crippen LogP contribution in [0, 0.1) is 0 Å². The van der Waals surface area contributed by atoms with Gasteiger partial charge in [0.15, 0.2) is 5.13 Å². The number of hydrogen-bond acceptors (Lipinski definition) is 7. The lowest BCUT2D eigenvalue weighted by Gasteiger charge is -2.25. The summed E-state index contributed by atoms with van der Waals surface area (Å²) in [7, 11) is 0. The fraction of sp³-hybridized carbons (Fsp3) is 0.154. The molecule has 0 unspecified atom stereocenters. The molecule has 0 radical (unpaired) electrons. The Morgan fingerprint density at radius 1 is 1.03 bits per heavy atom. The minimum absolute atomic E-state index is 0.241. The summed E-state index contributed by atoms with van der Waals surface area (Å²) < 4.78 is 1.80. The van der Waals surface area contributed by atoms with Crippen LogP contribution in [0.1, 0.15) is 26.6 Å². The summed E-state index contributed by atoms with van der Waals surface area (Å²) in [5.41, 5.74) is 4.63. The highest BCUT2D eigenvalue weighted by atomic mass is 32.1. The zero-order chi connectivity index (χ0) is 23.6. The van der Waals surface area contributed by atoms with Crippen molar-refractivity contribution in [1.82, 2.24) is 24.6 Å². The van der Waals surface area contributed by atoms with Gasteiger partial charge in [-0.3, -0.25) is 15.0 Å². The van der Waals surface area contributed by atoms with E-state index >= 15 is 0 Å². The standard InChI is InChI=1S/C26H22N6OS2/c33-24(22-17-34-25(28-22)19-13-27-32(15-19)20-9-5-2-6-10-20)30-26-29-21-11-12-31(16-23(21)35-26)14-18-7-3-1-4-8-18/h1-10,13,15,17H,11-12,14,16H2,(H,29,30,33). The molecule has 0 bridgehead atoms. The Labute approximate surface area is 210 Å². The minimum Gasteiger partial charge on any atom is -0.296 e. The molecule has 0 saturated heterocycles. The molecule has 1 aliphatic rings. The van der Waals surface area contributed by atoms with Gasteiger partial charge in [0.25, 0.3) is 5.91 Å². The Bertz CT molecular complexity index is 1460. The summed E-state index contributed by atoms with van der Waals surface area (Å²) in [6.45, 7) is 2.73. The number of para-hydroxylation sites is 1. The number of carbonyl (C=O) groups excluding carboxylic acids is 1. The first-order chi connectivity index (χ1) is 17.2. The number of fused-ring (bicyclic) bond motifs is 1. The van der Waals surface area contributed by atoms with Crippen molar-refractivity contribution in [2.45, 2.75) is 19.5 Å². The summed E-state index contributed by atoms with van der Waals surface area (Å²) in [5.74, 6) is -0.241. The smallest absolute Gasteiger partial charge is 0.276 e. The molecule has 174 valence electrons. The first-order valence-electron chi connectivity index (χ1n) is 11.3. The van der Waals surface area contributed by atoms with Crippen LogP contribution >= 0.6 is 22.7 Å². The molecule has 4 heterocycles. The van der Waals surface area contributed by atoms with Gasteiger partial charge in [-0.25, -0.2) is 14.6 Å². The fourth-order valence-corrected chi connectivity index (χ4v) is 5.93. The molecule has 0 fully saturated rings. The van der Waals surface area contributed by atoms with E-state index in [2.05, 4.69) is 49.5 Å². The number of rotatable bonds is 6. The van der Waals surface area contributed by atoms with E-state index in [4.69, 9.17) is 0 Å². The van der Waals surface area contributed by atoms with Crippen molar-refractivity contribution in [1.29, 1.82) is 0 Å². The van der Waals surface area contributed by atoms with E-state index < -0.39 is 0 Å². The molecule has 0 aliphatic carbocycles. The molecular formula is C26H22N6OS2. The maximum atomic E-state index is 12.9. The Balaban J connectivity index is 1.11. The summed E-state index contributed by atoms with van der Waals surface area (Å²) >= 11 is 2.98. The van der Waals surface area contributed by atoms with Gasteiger partial charge in [0, 0.05) is 48.1 Å². The Morgan fingerprint density at radius 2 is 1.83 bits per heavy atom. The van der Waals surface area contributed by atoms with Crippen molar-refractivity contribution in [2.75, 3.05) is 11.9 Å². The van der Waals surface area contributed by atoms with Crippen molar-refractivity contribution < 1.29 is 4.79 Å². The highest BCUT2D eigenvalue weighted by Gasteiger charge is 2.22. The summed E-state index contributed by atoms with van der Waals surface area (Å²) in [6.07, 6.45) is 4.58. The van der Waals surface area contributed by atoms with Crippen LogP contribution in [0.15, 0.2) is 78.4 Å². The molecule has 6 rings (SSSR count). The van der Waals surface area contributed by atoms with Gasteiger partial charge >= 0.3 is 0 Å². The van der Waals surface area contributed by atoms with Crippen LogP contribution in [0.2, 0.25) is 0 Å². The number of nitrogens with one attached hydrogen (secondary N) is 1. The molecule has 1 aliphatic heterocycles. The normalized spacial score (nSPS) is 13.5. The van der Waals surface area contributed by atoms with Crippen molar-refractivity contribution in [3.8, 4) is 16.3 Å². The lowest BCUT2D eigenvalue weighted by molar-refractivity contribution is 0.102. The predicted octanol–water partition coefficient (Wildman–Crippen LogP) is 5.26. The second-order valence-electron chi connectivity index (χ2n) is 8.34. The van der Waals surface area contributed by atoms with Crippen LogP contribution in [0.25, 0.3) is 16.3 Å². The Morgan fingerprint density at radius 3 is 2.66 bits per heavy atom. The number of amides is 1. The van der Waals surface area contributed by atoms with E-state index in [9.17, 15) is 4.79 Å². The van der Waals surface area contributed by atoms with Crippen LogP contribution in [-0.4, -0.2) is 37.1 Å². The molecule has 1 N–H and O–H groups in total. The van der Waals surface area contributed by atoms with Crippen LogP contribution in [0.4, 0.5) is 5.13 Å². The molecule has 1 amide bonds. The quantitative estimate of drug-likeness (QED) is 0.346. The average molecular weight is 499 g/mol. The number of anilines is 1.